The number of benzene rings is 2. The zero-order chi connectivity index (χ0) is 18.7. The third kappa shape index (κ3) is 3.76. The molecule has 26 heavy (non-hydrogen) atoms. The molecule has 2 aromatic rings. The number of carbonyl (C=O) groups excluding carboxylic acids is 2. The van der Waals surface area contributed by atoms with E-state index in [-0.39, 0.29) is 18.4 Å². The lowest BCUT2D eigenvalue weighted by Crippen LogP contribution is -2.34. The number of thioether (sulfide) groups is 1. The molecule has 0 amide bonds. The third-order valence-corrected chi connectivity index (χ3v) is 5.44. The normalized spacial score (nSPS) is 16.2. The SMILES string of the molecule is CCOC(=O)C(=O)C[N+]1=C(N)SC(c2ccccc2)c2ccc(Cl)cc21. The third-order valence-electron chi connectivity index (χ3n) is 3.98. The minimum Gasteiger partial charge on any atom is -0.460 e. The van der Waals surface area contributed by atoms with Crippen molar-refractivity contribution >= 4 is 46.0 Å². The van der Waals surface area contributed by atoms with E-state index in [1.807, 2.05) is 42.5 Å². The van der Waals surface area contributed by atoms with Gasteiger partial charge in [0.25, 0.3) is 5.78 Å². The number of hydrogen-bond acceptors (Lipinski definition) is 5. The van der Waals surface area contributed by atoms with Gasteiger partial charge in [-0.1, -0.05) is 48.0 Å². The van der Waals surface area contributed by atoms with Crippen LogP contribution in [0.3, 0.4) is 0 Å². The number of ether oxygens (including phenoxy) is 1. The van der Waals surface area contributed by atoms with Crippen LogP contribution in [0.15, 0.2) is 48.5 Å². The van der Waals surface area contributed by atoms with Crippen LogP contribution in [-0.4, -0.2) is 34.6 Å². The number of Topliss-reactive ketones (excluding diaryl/α,β-unsaturated/α-hetero) is 1. The van der Waals surface area contributed by atoms with Gasteiger partial charge in [0, 0.05) is 16.7 Å². The Bertz CT molecular complexity index is 884. The van der Waals surface area contributed by atoms with Gasteiger partial charge in [-0.05, 0) is 30.3 Å². The molecule has 1 unspecified atom stereocenters. The minimum absolute atomic E-state index is 0.0163. The molecule has 0 saturated carbocycles. The average molecular weight is 390 g/mol. The summed E-state index contributed by atoms with van der Waals surface area (Å²) >= 11 is 7.61. The van der Waals surface area contributed by atoms with E-state index in [1.165, 1.54) is 11.8 Å². The Labute approximate surface area is 160 Å². The maximum atomic E-state index is 12.2. The highest BCUT2D eigenvalue weighted by molar-refractivity contribution is 8.13. The minimum atomic E-state index is -0.862. The molecule has 1 atom stereocenters. The van der Waals surface area contributed by atoms with E-state index in [0.29, 0.717) is 10.2 Å². The van der Waals surface area contributed by atoms with Crippen molar-refractivity contribution in [2.45, 2.75) is 12.2 Å². The Kier molecular flexibility index (Phi) is 5.64. The molecule has 0 fully saturated rings. The summed E-state index contributed by atoms with van der Waals surface area (Å²) in [5, 5.41) is 0.951. The standard InChI is InChI=1S/C19H17ClN2O3S/c1-2-25-18(24)16(23)11-22-15-10-13(20)8-9-14(15)17(26-19(22)21)12-6-4-3-5-7-12/h3-10,17,21H,2,11H2,1H3/p+1. The monoisotopic (exact) mass is 389 g/mol. The van der Waals surface area contributed by atoms with Gasteiger partial charge in [-0.3, -0.25) is 10.5 Å². The van der Waals surface area contributed by atoms with Crippen molar-refractivity contribution in [3.8, 4) is 0 Å². The van der Waals surface area contributed by atoms with Crippen LogP contribution in [0.5, 0.6) is 0 Å². The molecule has 2 N–H and O–H groups in total. The molecule has 5 nitrogen and oxygen atoms in total. The molecule has 0 aromatic heterocycles. The molecule has 1 heterocycles. The zero-order valence-corrected chi connectivity index (χ0v) is 15.7. The summed E-state index contributed by atoms with van der Waals surface area (Å²) in [4.78, 5) is 23.9. The predicted molar refractivity (Wildman–Crippen MR) is 103 cm³/mol. The van der Waals surface area contributed by atoms with Crippen molar-refractivity contribution < 1.29 is 18.9 Å². The van der Waals surface area contributed by atoms with Crippen molar-refractivity contribution in [1.29, 1.82) is 0 Å². The van der Waals surface area contributed by atoms with Gasteiger partial charge >= 0.3 is 11.1 Å². The highest BCUT2D eigenvalue weighted by Gasteiger charge is 2.34. The number of hydrogen-bond donors (Lipinski definition) is 1. The van der Waals surface area contributed by atoms with Crippen LogP contribution < -0.4 is 5.73 Å². The van der Waals surface area contributed by atoms with E-state index in [9.17, 15) is 9.59 Å². The van der Waals surface area contributed by atoms with Crippen LogP contribution in [0.25, 0.3) is 0 Å². The van der Waals surface area contributed by atoms with E-state index >= 15 is 0 Å². The molecule has 1 aliphatic rings. The van der Waals surface area contributed by atoms with Gasteiger partial charge in [0.05, 0.1) is 11.9 Å². The van der Waals surface area contributed by atoms with Gasteiger partial charge in [-0.2, -0.15) is 0 Å². The first kappa shape index (κ1) is 18.5. The van der Waals surface area contributed by atoms with Crippen LogP contribution in [0, 0.1) is 0 Å². The number of carbonyl (C=O) groups is 2. The molecule has 1 aliphatic heterocycles. The fourth-order valence-electron chi connectivity index (χ4n) is 2.80. The van der Waals surface area contributed by atoms with Gasteiger partial charge in [-0.15, -0.1) is 0 Å². The Balaban J connectivity index is 2.01. The lowest BCUT2D eigenvalue weighted by atomic mass is 10.0. The maximum absolute atomic E-state index is 12.2. The summed E-state index contributed by atoms with van der Waals surface area (Å²) < 4.78 is 6.40. The number of amidine groups is 1. The molecule has 0 aliphatic carbocycles. The molecule has 7 heteroatoms. The number of nitrogens with zero attached hydrogens (tertiary/aromatic N) is 1. The van der Waals surface area contributed by atoms with Crippen molar-refractivity contribution in [1.82, 2.24) is 0 Å². The van der Waals surface area contributed by atoms with Crippen molar-refractivity contribution in [2.24, 2.45) is 5.73 Å². The lowest BCUT2D eigenvalue weighted by Gasteiger charge is -2.25. The first-order valence-electron chi connectivity index (χ1n) is 8.12. The summed E-state index contributed by atoms with van der Waals surface area (Å²) in [6, 6.07) is 15.5. The number of halogens is 1. The van der Waals surface area contributed by atoms with E-state index in [1.54, 1.807) is 17.6 Å². The van der Waals surface area contributed by atoms with E-state index in [4.69, 9.17) is 22.1 Å². The Hall–Kier alpha value is -2.31. The highest BCUT2D eigenvalue weighted by Crippen LogP contribution is 2.44. The molecule has 3 rings (SSSR count). The fraction of sp³-hybridized carbons (Fsp3) is 0.211. The van der Waals surface area contributed by atoms with Gasteiger partial charge in [0.15, 0.2) is 6.54 Å². The molecule has 0 radical (unpaired) electrons. The Morgan fingerprint density at radius 1 is 1.23 bits per heavy atom. The first-order chi connectivity index (χ1) is 12.5. The molecule has 0 saturated heterocycles. The lowest BCUT2D eigenvalue weighted by molar-refractivity contribution is -0.426. The van der Waals surface area contributed by atoms with Crippen molar-refractivity contribution in [3.05, 3.63) is 64.7 Å². The second kappa shape index (κ2) is 7.93. The number of esters is 1. The quantitative estimate of drug-likeness (QED) is 0.482. The largest absolute Gasteiger partial charge is 0.460 e. The number of rotatable bonds is 5. The van der Waals surface area contributed by atoms with Crippen LogP contribution in [0.1, 0.15) is 23.3 Å². The topological polar surface area (TPSA) is 72.4 Å². The van der Waals surface area contributed by atoms with Crippen LogP contribution >= 0.6 is 23.4 Å². The van der Waals surface area contributed by atoms with Crippen molar-refractivity contribution in [2.75, 3.05) is 13.2 Å². The summed E-state index contributed by atoms with van der Waals surface area (Å²) in [6.07, 6.45) is 0. The number of fused-ring (bicyclic) bond motifs is 1. The molecule has 2 aromatic carbocycles. The molecule has 0 spiro atoms. The second-order valence-electron chi connectivity index (χ2n) is 5.68. The van der Waals surface area contributed by atoms with Gasteiger partial charge < -0.3 is 4.74 Å². The van der Waals surface area contributed by atoms with E-state index in [2.05, 4.69) is 0 Å². The predicted octanol–water partition coefficient (Wildman–Crippen LogP) is 3.27. The maximum Gasteiger partial charge on any atom is 0.378 e. The van der Waals surface area contributed by atoms with Gasteiger partial charge in [0.1, 0.15) is 5.69 Å². The van der Waals surface area contributed by atoms with Crippen LogP contribution in [-0.2, 0) is 14.3 Å². The Morgan fingerprint density at radius 3 is 2.65 bits per heavy atom. The van der Waals surface area contributed by atoms with E-state index in [0.717, 1.165) is 16.8 Å². The van der Waals surface area contributed by atoms with Crippen LogP contribution in [0.2, 0.25) is 5.02 Å². The second-order valence-corrected chi connectivity index (χ2v) is 7.24. The van der Waals surface area contributed by atoms with Crippen LogP contribution in [0.4, 0.5) is 5.69 Å². The van der Waals surface area contributed by atoms with E-state index < -0.39 is 11.8 Å². The van der Waals surface area contributed by atoms with Gasteiger partial charge in [-0.25, -0.2) is 9.37 Å². The fourth-order valence-corrected chi connectivity index (χ4v) is 4.11. The molecule has 134 valence electrons. The number of nitrogens with two attached hydrogens (primary N) is 1. The molecular formula is C19H18ClN2O3S+. The summed E-state index contributed by atoms with van der Waals surface area (Å²) in [7, 11) is 0. The molecular weight excluding hydrogens is 372 g/mol. The van der Waals surface area contributed by atoms with Gasteiger partial charge in [0.2, 0.25) is 0 Å². The summed E-state index contributed by atoms with van der Waals surface area (Å²) in [5.41, 5.74) is 9.06. The first-order valence-corrected chi connectivity index (χ1v) is 9.38. The summed E-state index contributed by atoms with van der Waals surface area (Å²) in [5.74, 6) is -1.52. The smallest absolute Gasteiger partial charge is 0.378 e. The highest BCUT2D eigenvalue weighted by atomic mass is 35.5. The average Bonchev–Trinajstić information content (AvgIpc) is 2.64. The molecule has 0 bridgehead atoms. The number of ketones is 1. The summed E-state index contributed by atoms with van der Waals surface area (Å²) in [6.45, 7) is 1.62. The van der Waals surface area contributed by atoms with Crippen molar-refractivity contribution in [3.63, 3.8) is 0 Å². The zero-order valence-electron chi connectivity index (χ0n) is 14.1. The Morgan fingerprint density at radius 2 is 1.96 bits per heavy atom.